The van der Waals surface area contributed by atoms with E-state index in [1.165, 1.54) is 6.07 Å². The predicted molar refractivity (Wildman–Crippen MR) is 60.4 cm³/mol. The zero-order valence-electron chi connectivity index (χ0n) is 9.20. The van der Waals surface area contributed by atoms with Gasteiger partial charge in [-0.05, 0) is 31.4 Å². The Labute approximate surface area is 89.9 Å². The monoisotopic (exact) mass is 208 g/mol. The number of rotatable bonds is 3. The average molecular weight is 208 g/mol. The first kappa shape index (κ1) is 10.4. The molecule has 0 radical (unpaired) electrons. The maximum Gasteiger partial charge on any atom is 0.146 e. The van der Waals surface area contributed by atoms with Crippen LogP contribution in [0.15, 0.2) is 18.2 Å². The Kier molecular flexibility index (Phi) is 2.65. The third-order valence-corrected chi connectivity index (χ3v) is 2.96. The largest absolute Gasteiger partial charge is 0.369 e. The zero-order chi connectivity index (χ0) is 11.0. The van der Waals surface area contributed by atoms with Gasteiger partial charge in [-0.15, -0.1) is 0 Å². The highest BCUT2D eigenvalue weighted by Gasteiger charge is 2.29. The number of benzene rings is 1. The topological polar surface area (TPSA) is 29.3 Å². The molecule has 2 nitrogen and oxygen atoms in total. The van der Waals surface area contributed by atoms with Gasteiger partial charge in [-0.2, -0.15) is 0 Å². The van der Waals surface area contributed by atoms with E-state index in [-0.39, 0.29) is 11.9 Å². The van der Waals surface area contributed by atoms with Crippen molar-refractivity contribution in [1.29, 1.82) is 0 Å². The van der Waals surface area contributed by atoms with Crippen LogP contribution in [0.25, 0.3) is 0 Å². The molecule has 15 heavy (non-hydrogen) atoms. The van der Waals surface area contributed by atoms with E-state index in [4.69, 9.17) is 5.73 Å². The maximum absolute atomic E-state index is 13.8. The van der Waals surface area contributed by atoms with Crippen LogP contribution in [0, 0.1) is 5.82 Å². The zero-order valence-corrected chi connectivity index (χ0v) is 9.20. The molecule has 0 aromatic heterocycles. The number of anilines is 1. The lowest BCUT2D eigenvalue weighted by Gasteiger charge is -2.24. The lowest BCUT2D eigenvalue weighted by Crippen LogP contribution is -2.24. The molecule has 3 heteroatoms. The molecule has 1 saturated carbocycles. The first-order valence-corrected chi connectivity index (χ1v) is 5.38. The van der Waals surface area contributed by atoms with Gasteiger partial charge in [0.1, 0.15) is 5.82 Å². The molecule has 1 atom stereocenters. The van der Waals surface area contributed by atoms with E-state index in [0.29, 0.717) is 11.7 Å². The Morgan fingerprint density at radius 1 is 1.47 bits per heavy atom. The van der Waals surface area contributed by atoms with E-state index in [1.54, 1.807) is 6.07 Å². The summed E-state index contributed by atoms with van der Waals surface area (Å²) in [6, 6.07) is 5.50. The van der Waals surface area contributed by atoms with E-state index in [1.807, 2.05) is 24.9 Å². The lowest BCUT2D eigenvalue weighted by atomic mass is 10.1. The van der Waals surface area contributed by atoms with Crippen molar-refractivity contribution in [2.75, 3.05) is 11.9 Å². The molecule has 1 unspecified atom stereocenters. The number of para-hydroxylation sites is 1. The quantitative estimate of drug-likeness (QED) is 0.826. The molecule has 1 aromatic rings. The molecule has 0 saturated heterocycles. The lowest BCUT2D eigenvalue weighted by molar-refractivity contribution is 0.615. The molecule has 2 N–H and O–H groups in total. The fraction of sp³-hybridized carbons (Fsp3) is 0.500. The second kappa shape index (κ2) is 3.81. The first-order chi connectivity index (χ1) is 7.11. The molecule has 1 fully saturated rings. The highest BCUT2D eigenvalue weighted by atomic mass is 19.1. The van der Waals surface area contributed by atoms with Crippen molar-refractivity contribution >= 4 is 5.69 Å². The number of nitrogens with zero attached hydrogens (tertiary/aromatic N) is 1. The average Bonchev–Trinajstić information content (AvgIpc) is 2.99. The molecule has 82 valence electrons. The van der Waals surface area contributed by atoms with Crippen LogP contribution in [0.3, 0.4) is 0 Å². The van der Waals surface area contributed by atoms with Gasteiger partial charge in [-0.25, -0.2) is 4.39 Å². The van der Waals surface area contributed by atoms with Gasteiger partial charge < -0.3 is 10.6 Å². The van der Waals surface area contributed by atoms with Crippen LogP contribution in [0.1, 0.15) is 31.4 Å². The third kappa shape index (κ3) is 1.97. The molecular weight excluding hydrogens is 191 g/mol. The second-order valence-electron chi connectivity index (χ2n) is 4.31. The Hall–Kier alpha value is -1.09. The highest BCUT2D eigenvalue weighted by Crippen LogP contribution is 2.35. The Balaban J connectivity index is 2.41. The molecule has 0 spiro atoms. The predicted octanol–water partition coefficient (Wildman–Crippen LogP) is 2.44. The fourth-order valence-corrected chi connectivity index (χ4v) is 1.92. The van der Waals surface area contributed by atoms with Crippen LogP contribution in [0.2, 0.25) is 0 Å². The molecule has 1 aromatic carbocycles. The van der Waals surface area contributed by atoms with E-state index < -0.39 is 0 Å². The fourth-order valence-electron chi connectivity index (χ4n) is 1.92. The smallest absolute Gasteiger partial charge is 0.146 e. The molecule has 0 aliphatic heterocycles. The van der Waals surface area contributed by atoms with Crippen LogP contribution < -0.4 is 10.6 Å². The van der Waals surface area contributed by atoms with Gasteiger partial charge in [0, 0.05) is 19.1 Å². The van der Waals surface area contributed by atoms with E-state index in [9.17, 15) is 4.39 Å². The summed E-state index contributed by atoms with van der Waals surface area (Å²) < 4.78 is 13.8. The van der Waals surface area contributed by atoms with Crippen molar-refractivity contribution < 1.29 is 4.39 Å². The molecule has 0 bridgehead atoms. The Morgan fingerprint density at radius 3 is 2.67 bits per heavy atom. The number of hydrogen-bond donors (Lipinski definition) is 1. The van der Waals surface area contributed by atoms with Crippen LogP contribution in [-0.4, -0.2) is 13.1 Å². The third-order valence-electron chi connectivity index (χ3n) is 2.96. The summed E-state index contributed by atoms with van der Waals surface area (Å²) in [6.07, 6.45) is 2.31. The van der Waals surface area contributed by atoms with Crippen LogP contribution in [-0.2, 0) is 0 Å². The second-order valence-corrected chi connectivity index (χ2v) is 4.31. The van der Waals surface area contributed by atoms with Crippen LogP contribution in [0.5, 0.6) is 0 Å². The molecule has 0 heterocycles. The highest BCUT2D eigenvalue weighted by molar-refractivity contribution is 5.57. The van der Waals surface area contributed by atoms with Crippen molar-refractivity contribution in [3.8, 4) is 0 Å². The summed E-state index contributed by atoms with van der Waals surface area (Å²) in [6.45, 7) is 1.89. The van der Waals surface area contributed by atoms with Gasteiger partial charge in [0.2, 0.25) is 0 Å². The minimum Gasteiger partial charge on any atom is -0.369 e. The number of hydrogen-bond acceptors (Lipinski definition) is 2. The SMILES string of the molecule is CC(N)c1cccc(F)c1N(C)C1CC1. The van der Waals surface area contributed by atoms with E-state index in [0.717, 1.165) is 18.4 Å². The van der Waals surface area contributed by atoms with Crippen LogP contribution >= 0.6 is 0 Å². The molecule has 0 amide bonds. The van der Waals surface area contributed by atoms with Crippen molar-refractivity contribution in [3.63, 3.8) is 0 Å². The summed E-state index contributed by atoms with van der Waals surface area (Å²) in [7, 11) is 1.95. The molecule has 1 aliphatic carbocycles. The minimum absolute atomic E-state index is 0.128. The summed E-state index contributed by atoms with van der Waals surface area (Å²) in [5.41, 5.74) is 7.42. The van der Waals surface area contributed by atoms with Crippen molar-refractivity contribution in [2.45, 2.75) is 31.8 Å². The van der Waals surface area contributed by atoms with Crippen molar-refractivity contribution in [1.82, 2.24) is 0 Å². The van der Waals surface area contributed by atoms with Gasteiger partial charge >= 0.3 is 0 Å². The summed E-state index contributed by atoms with van der Waals surface area (Å²) in [5, 5.41) is 0. The summed E-state index contributed by atoms with van der Waals surface area (Å²) in [5.74, 6) is -0.167. The molecule has 2 rings (SSSR count). The van der Waals surface area contributed by atoms with Gasteiger partial charge in [0.15, 0.2) is 0 Å². The Morgan fingerprint density at radius 2 is 2.13 bits per heavy atom. The summed E-state index contributed by atoms with van der Waals surface area (Å²) >= 11 is 0. The molecular formula is C12H17FN2. The van der Waals surface area contributed by atoms with Gasteiger partial charge in [0.05, 0.1) is 5.69 Å². The van der Waals surface area contributed by atoms with Crippen LogP contribution in [0.4, 0.5) is 10.1 Å². The first-order valence-electron chi connectivity index (χ1n) is 5.38. The van der Waals surface area contributed by atoms with E-state index >= 15 is 0 Å². The summed E-state index contributed by atoms with van der Waals surface area (Å²) in [4.78, 5) is 2.02. The molecule has 1 aliphatic rings. The van der Waals surface area contributed by atoms with Gasteiger partial charge in [-0.1, -0.05) is 12.1 Å². The normalized spacial score (nSPS) is 17.6. The van der Waals surface area contributed by atoms with Gasteiger partial charge in [0.25, 0.3) is 0 Å². The van der Waals surface area contributed by atoms with Gasteiger partial charge in [-0.3, -0.25) is 0 Å². The van der Waals surface area contributed by atoms with Crippen molar-refractivity contribution in [2.24, 2.45) is 5.73 Å². The Bertz CT molecular complexity index is 359. The minimum atomic E-state index is -0.167. The van der Waals surface area contributed by atoms with Crippen molar-refractivity contribution in [3.05, 3.63) is 29.6 Å². The standard InChI is InChI=1S/C12H17FN2/c1-8(14)10-4-3-5-11(13)12(10)15(2)9-6-7-9/h3-5,8-9H,6-7,14H2,1-2H3. The van der Waals surface area contributed by atoms with E-state index in [2.05, 4.69) is 0 Å². The number of halogens is 1. The number of nitrogens with two attached hydrogens (primary N) is 1. The maximum atomic E-state index is 13.8.